The minimum atomic E-state index is -0.155. The van der Waals surface area contributed by atoms with Gasteiger partial charge in [-0.1, -0.05) is 47.4 Å². The Kier molecular flexibility index (Phi) is 12.8. The van der Waals surface area contributed by atoms with E-state index in [1.54, 1.807) is 0 Å². The lowest BCUT2D eigenvalue weighted by atomic mass is 10.0. The van der Waals surface area contributed by atoms with Crippen LogP contribution in [0.4, 0.5) is 0 Å². The van der Waals surface area contributed by atoms with Gasteiger partial charge in [-0.05, 0) is 73.3 Å². The van der Waals surface area contributed by atoms with Crippen molar-refractivity contribution in [2.45, 2.75) is 93.1 Å². The van der Waals surface area contributed by atoms with Gasteiger partial charge >= 0.3 is 5.97 Å². The topological polar surface area (TPSA) is 26.3 Å². The van der Waals surface area contributed by atoms with Gasteiger partial charge in [0.1, 0.15) is 6.10 Å². The van der Waals surface area contributed by atoms with E-state index in [1.165, 1.54) is 22.3 Å². The summed E-state index contributed by atoms with van der Waals surface area (Å²) in [6.45, 7) is 14.6. The molecule has 0 aromatic heterocycles. The van der Waals surface area contributed by atoms with Gasteiger partial charge in [0.05, 0.1) is 0 Å². The van der Waals surface area contributed by atoms with E-state index < -0.39 is 0 Å². The lowest BCUT2D eigenvalue weighted by molar-refractivity contribution is -0.146. The molecular formula is C23H38O2. The zero-order chi connectivity index (χ0) is 19.2. The van der Waals surface area contributed by atoms with E-state index >= 15 is 0 Å². The van der Waals surface area contributed by atoms with Crippen molar-refractivity contribution in [3.05, 3.63) is 46.6 Å². The zero-order valence-corrected chi connectivity index (χ0v) is 17.4. The molecule has 0 fully saturated rings. The number of allylic oxidation sites excluding steroid dienone is 6. The summed E-state index contributed by atoms with van der Waals surface area (Å²) in [5.41, 5.74) is 5.33. The first-order valence-corrected chi connectivity index (χ1v) is 9.53. The fourth-order valence-corrected chi connectivity index (χ4v) is 2.40. The van der Waals surface area contributed by atoms with E-state index in [0.717, 1.165) is 32.1 Å². The van der Waals surface area contributed by atoms with Gasteiger partial charge in [0, 0.05) is 12.8 Å². The van der Waals surface area contributed by atoms with Crippen molar-refractivity contribution < 1.29 is 9.53 Å². The highest BCUT2D eigenvalue weighted by Gasteiger charge is 2.10. The van der Waals surface area contributed by atoms with Gasteiger partial charge < -0.3 is 4.74 Å². The Morgan fingerprint density at radius 3 is 1.84 bits per heavy atom. The number of esters is 1. The summed E-state index contributed by atoms with van der Waals surface area (Å²) >= 11 is 0. The maximum absolute atomic E-state index is 11.7. The molecule has 0 aromatic rings. The summed E-state index contributed by atoms with van der Waals surface area (Å²) in [6, 6.07) is 0. The summed E-state index contributed by atoms with van der Waals surface area (Å²) in [5, 5.41) is 0. The monoisotopic (exact) mass is 346 g/mol. The molecule has 0 N–H and O–H groups in total. The largest absolute Gasteiger partial charge is 0.458 e. The number of carbonyl (C=O) groups excluding carboxylic acids is 1. The van der Waals surface area contributed by atoms with Crippen LogP contribution >= 0.6 is 0 Å². The Balaban J connectivity index is 4.78. The van der Waals surface area contributed by atoms with Crippen LogP contribution in [0.25, 0.3) is 0 Å². The second-order valence-corrected chi connectivity index (χ2v) is 7.32. The van der Waals surface area contributed by atoms with Crippen molar-refractivity contribution in [1.82, 2.24) is 0 Å². The second kappa shape index (κ2) is 13.7. The molecule has 0 spiro atoms. The third-order valence-electron chi connectivity index (χ3n) is 3.92. The first-order valence-electron chi connectivity index (χ1n) is 9.53. The third-order valence-corrected chi connectivity index (χ3v) is 3.92. The van der Waals surface area contributed by atoms with Gasteiger partial charge in [0.15, 0.2) is 0 Å². The van der Waals surface area contributed by atoms with Gasteiger partial charge in [-0.15, -0.1) is 0 Å². The normalized spacial score (nSPS) is 13.2. The summed E-state index contributed by atoms with van der Waals surface area (Å²) in [5.74, 6) is -0.131. The van der Waals surface area contributed by atoms with Crippen LogP contribution in [-0.4, -0.2) is 12.1 Å². The SMILES string of the molecule is CCC(=O)OC(/C=C(\C)CCC=C(C)C)C/C=C(\C)CCC=C(C)C. The number of hydrogen-bond donors (Lipinski definition) is 0. The van der Waals surface area contributed by atoms with E-state index in [1.807, 2.05) is 6.92 Å². The minimum Gasteiger partial charge on any atom is -0.458 e. The first-order chi connectivity index (χ1) is 11.7. The predicted octanol–water partition coefficient (Wildman–Crippen LogP) is 7.08. The Morgan fingerprint density at radius 1 is 0.840 bits per heavy atom. The van der Waals surface area contributed by atoms with Gasteiger partial charge in [-0.3, -0.25) is 4.79 Å². The summed E-state index contributed by atoms with van der Waals surface area (Å²) in [4.78, 5) is 11.7. The van der Waals surface area contributed by atoms with Crippen LogP contribution in [0.3, 0.4) is 0 Å². The summed E-state index contributed by atoms with van der Waals surface area (Å²) in [6.07, 6.45) is 14.0. The van der Waals surface area contributed by atoms with Crippen LogP contribution in [0.15, 0.2) is 46.6 Å². The van der Waals surface area contributed by atoms with E-state index in [4.69, 9.17) is 4.74 Å². The Hall–Kier alpha value is -1.57. The molecule has 1 atom stereocenters. The molecule has 0 aromatic carbocycles. The molecule has 0 saturated carbocycles. The highest BCUT2D eigenvalue weighted by molar-refractivity contribution is 5.69. The Bertz CT molecular complexity index is 510. The van der Waals surface area contributed by atoms with Crippen LogP contribution < -0.4 is 0 Å². The molecule has 25 heavy (non-hydrogen) atoms. The summed E-state index contributed by atoms with van der Waals surface area (Å²) in [7, 11) is 0. The molecule has 0 aliphatic carbocycles. The van der Waals surface area contributed by atoms with Crippen molar-refractivity contribution in [3.63, 3.8) is 0 Å². The van der Waals surface area contributed by atoms with Crippen LogP contribution in [-0.2, 0) is 9.53 Å². The van der Waals surface area contributed by atoms with Gasteiger partial charge in [-0.25, -0.2) is 0 Å². The average Bonchev–Trinajstić information content (AvgIpc) is 2.51. The van der Waals surface area contributed by atoms with E-state index in [0.29, 0.717) is 6.42 Å². The smallest absolute Gasteiger partial charge is 0.306 e. The highest BCUT2D eigenvalue weighted by atomic mass is 16.5. The number of rotatable bonds is 11. The van der Waals surface area contributed by atoms with Crippen molar-refractivity contribution >= 4 is 5.97 Å². The predicted molar refractivity (Wildman–Crippen MR) is 110 cm³/mol. The van der Waals surface area contributed by atoms with E-state index in [-0.39, 0.29) is 12.1 Å². The minimum absolute atomic E-state index is 0.131. The molecule has 2 nitrogen and oxygen atoms in total. The van der Waals surface area contributed by atoms with Crippen LogP contribution in [0.2, 0.25) is 0 Å². The molecule has 0 radical (unpaired) electrons. The molecule has 0 aliphatic rings. The van der Waals surface area contributed by atoms with E-state index in [9.17, 15) is 4.79 Å². The quantitative estimate of drug-likeness (QED) is 0.295. The molecule has 0 aliphatic heterocycles. The van der Waals surface area contributed by atoms with Crippen LogP contribution in [0.5, 0.6) is 0 Å². The van der Waals surface area contributed by atoms with Gasteiger partial charge in [-0.2, -0.15) is 0 Å². The Morgan fingerprint density at radius 2 is 1.36 bits per heavy atom. The molecule has 0 saturated heterocycles. The van der Waals surface area contributed by atoms with Crippen molar-refractivity contribution in [2.24, 2.45) is 0 Å². The number of carbonyl (C=O) groups is 1. The molecule has 0 bridgehead atoms. The zero-order valence-electron chi connectivity index (χ0n) is 17.4. The standard InChI is InChI=1S/C23H38O2/c1-8-23(24)25-22(17-21(7)14-10-12-19(4)5)16-15-20(6)13-9-11-18(2)3/h11-12,15,17,22H,8-10,13-14,16H2,1-7H3/b20-15+,21-17+. The molecule has 1 unspecified atom stereocenters. The average molecular weight is 347 g/mol. The number of ether oxygens (including phenoxy) is 1. The number of hydrogen-bond acceptors (Lipinski definition) is 2. The molecule has 2 heteroatoms. The highest BCUT2D eigenvalue weighted by Crippen LogP contribution is 2.15. The van der Waals surface area contributed by atoms with Gasteiger partial charge in [0.2, 0.25) is 0 Å². The Labute approximate surface area is 155 Å². The van der Waals surface area contributed by atoms with E-state index in [2.05, 4.69) is 65.8 Å². The molecular weight excluding hydrogens is 308 g/mol. The fourth-order valence-electron chi connectivity index (χ4n) is 2.40. The fraction of sp³-hybridized carbons (Fsp3) is 0.609. The van der Waals surface area contributed by atoms with Crippen LogP contribution in [0.1, 0.15) is 87.0 Å². The lowest BCUT2D eigenvalue weighted by Crippen LogP contribution is -2.15. The molecule has 0 heterocycles. The maximum Gasteiger partial charge on any atom is 0.306 e. The third kappa shape index (κ3) is 14.5. The molecule has 142 valence electrons. The second-order valence-electron chi connectivity index (χ2n) is 7.32. The van der Waals surface area contributed by atoms with Crippen molar-refractivity contribution in [1.29, 1.82) is 0 Å². The van der Waals surface area contributed by atoms with Crippen LogP contribution in [0, 0.1) is 0 Å². The van der Waals surface area contributed by atoms with Gasteiger partial charge in [0.25, 0.3) is 0 Å². The first kappa shape index (κ1) is 23.4. The van der Waals surface area contributed by atoms with Crippen molar-refractivity contribution in [2.75, 3.05) is 0 Å². The molecule has 0 amide bonds. The molecule has 0 rings (SSSR count). The maximum atomic E-state index is 11.7. The lowest BCUT2D eigenvalue weighted by Gasteiger charge is -2.14. The van der Waals surface area contributed by atoms with Crippen molar-refractivity contribution in [3.8, 4) is 0 Å². The summed E-state index contributed by atoms with van der Waals surface area (Å²) < 4.78 is 5.60.